The third-order valence-corrected chi connectivity index (χ3v) is 6.02. The van der Waals surface area contributed by atoms with Gasteiger partial charge in [0.1, 0.15) is 5.75 Å². The fourth-order valence-corrected chi connectivity index (χ4v) is 3.85. The highest BCUT2D eigenvalue weighted by atomic mass is 35.5. The molecule has 33 heavy (non-hydrogen) atoms. The second-order valence-electron chi connectivity index (χ2n) is 8.13. The molecule has 0 radical (unpaired) electrons. The molecule has 0 aliphatic heterocycles. The van der Waals surface area contributed by atoms with E-state index >= 15 is 0 Å². The van der Waals surface area contributed by atoms with Crippen LogP contribution in [0.2, 0.25) is 5.02 Å². The number of ether oxygens (including phenoxy) is 1. The van der Waals surface area contributed by atoms with Gasteiger partial charge in [0.25, 0.3) is 5.91 Å². The van der Waals surface area contributed by atoms with Crippen molar-refractivity contribution < 1.29 is 9.53 Å². The zero-order valence-electron chi connectivity index (χ0n) is 18.2. The van der Waals surface area contributed by atoms with E-state index in [2.05, 4.69) is 20.4 Å². The highest BCUT2D eigenvalue weighted by molar-refractivity contribution is 6.31. The normalized spacial score (nSPS) is 13.1. The molecule has 8 heteroatoms. The van der Waals surface area contributed by atoms with Crippen molar-refractivity contribution in [3.05, 3.63) is 88.5 Å². The summed E-state index contributed by atoms with van der Waals surface area (Å²) in [6, 6.07) is 13.2. The van der Waals surface area contributed by atoms with Crippen molar-refractivity contribution >= 4 is 23.2 Å². The number of nitrogens with zero attached hydrogens (tertiary/aromatic N) is 4. The van der Waals surface area contributed by atoms with Gasteiger partial charge in [-0.1, -0.05) is 17.7 Å². The molecule has 166 valence electrons. The zero-order valence-corrected chi connectivity index (χ0v) is 19.0. The average molecular weight is 460 g/mol. The van der Waals surface area contributed by atoms with Gasteiger partial charge in [-0.3, -0.25) is 4.79 Å². The summed E-state index contributed by atoms with van der Waals surface area (Å²) in [5, 5.41) is 8.22. The number of rotatable bonds is 6. The first-order valence-electron chi connectivity index (χ1n) is 10.7. The number of halogens is 1. The Labute approximate surface area is 196 Å². The molecule has 2 aromatic carbocycles. The fraction of sp³-hybridized carbons (Fsp3) is 0.200. The van der Waals surface area contributed by atoms with Gasteiger partial charge >= 0.3 is 6.01 Å². The van der Waals surface area contributed by atoms with Gasteiger partial charge in [0.2, 0.25) is 0 Å². The Morgan fingerprint density at radius 3 is 2.58 bits per heavy atom. The van der Waals surface area contributed by atoms with Crippen molar-refractivity contribution in [1.82, 2.24) is 19.7 Å². The monoisotopic (exact) mass is 459 g/mol. The number of nitrogens with one attached hydrogen (secondary N) is 1. The highest BCUT2D eigenvalue weighted by Gasteiger charge is 2.33. The molecule has 1 amide bonds. The minimum atomic E-state index is -0.190. The van der Waals surface area contributed by atoms with Gasteiger partial charge < -0.3 is 10.1 Å². The maximum absolute atomic E-state index is 13.2. The van der Waals surface area contributed by atoms with Crippen LogP contribution in [0.5, 0.6) is 11.8 Å². The highest BCUT2D eigenvalue weighted by Crippen LogP contribution is 2.43. The molecule has 0 atom stereocenters. The fourth-order valence-electron chi connectivity index (χ4n) is 3.67. The van der Waals surface area contributed by atoms with Crippen molar-refractivity contribution in [2.75, 3.05) is 5.32 Å². The Morgan fingerprint density at radius 1 is 1.09 bits per heavy atom. The number of aryl methyl sites for hydroxylation is 2. The van der Waals surface area contributed by atoms with E-state index in [1.54, 1.807) is 30.7 Å². The number of anilines is 1. The smallest absolute Gasteiger partial charge is 0.321 e. The number of hydrogen-bond acceptors (Lipinski definition) is 5. The van der Waals surface area contributed by atoms with Crippen molar-refractivity contribution in [3.63, 3.8) is 0 Å². The molecule has 0 saturated heterocycles. The molecular weight excluding hydrogens is 438 g/mol. The van der Waals surface area contributed by atoms with Crippen LogP contribution in [0.3, 0.4) is 0 Å². The maximum Gasteiger partial charge on any atom is 0.321 e. The summed E-state index contributed by atoms with van der Waals surface area (Å²) in [4.78, 5) is 21.3. The van der Waals surface area contributed by atoms with E-state index in [-0.39, 0.29) is 11.9 Å². The standard InChI is InChI=1S/C25H22ClN5O2/c1-15-4-7-18(13-21(15)26)31-23(17-5-6-17)20(14-29-31)24(32)30-22-9-8-19(12-16(22)2)33-25-27-10-3-11-28-25/h3-4,7-14,17H,5-6H2,1-2H3,(H,30,32). The van der Waals surface area contributed by atoms with Gasteiger partial charge in [-0.2, -0.15) is 5.10 Å². The summed E-state index contributed by atoms with van der Waals surface area (Å²) in [6.45, 7) is 3.87. The van der Waals surface area contributed by atoms with Crippen LogP contribution in [0, 0.1) is 13.8 Å². The molecule has 0 bridgehead atoms. The summed E-state index contributed by atoms with van der Waals surface area (Å²) in [5.74, 6) is 0.722. The Kier molecular flexibility index (Phi) is 5.56. The first-order valence-corrected chi connectivity index (χ1v) is 11.1. The van der Waals surface area contributed by atoms with Crippen LogP contribution >= 0.6 is 11.6 Å². The molecule has 0 unspecified atom stereocenters. The van der Waals surface area contributed by atoms with E-state index in [4.69, 9.17) is 16.3 Å². The third kappa shape index (κ3) is 4.45. The Hall–Kier alpha value is -3.71. The molecule has 0 spiro atoms. The average Bonchev–Trinajstić information content (AvgIpc) is 3.55. The summed E-state index contributed by atoms with van der Waals surface area (Å²) < 4.78 is 7.51. The van der Waals surface area contributed by atoms with E-state index in [1.807, 2.05) is 48.9 Å². The maximum atomic E-state index is 13.2. The quantitative estimate of drug-likeness (QED) is 0.391. The molecule has 4 aromatic rings. The molecular formula is C25H22ClN5O2. The molecule has 1 aliphatic rings. The van der Waals surface area contributed by atoms with Gasteiger partial charge in [-0.05, 0) is 74.2 Å². The van der Waals surface area contributed by atoms with Gasteiger partial charge in [0.05, 0.1) is 23.1 Å². The number of amides is 1. The van der Waals surface area contributed by atoms with Gasteiger partial charge in [-0.25, -0.2) is 14.6 Å². The minimum Gasteiger partial charge on any atom is -0.424 e. The first-order chi connectivity index (χ1) is 16.0. The molecule has 2 aromatic heterocycles. The first kappa shape index (κ1) is 21.2. The lowest BCUT2D eigenvalue weighted by Crippen LogP contribution is -2.15. The minimum absolute atomic E-state index is 0.190. The predicted molar refractivity (Wildman–Crippen MR) is 127 cm³/mol. The van der Waals surface area contributed by atoms with E-state index < -0.39 is 0 Å². The molecule has 1 fully saturated rings. The van der Waals surface area contributed by atoms with E-state index in [9.17, 15) is 4.79 Å². The van der Waals surface area contributed by atoms with Crippen molar-refractivity contribution in [3.8, 4) is 17.4 Å². The van der Waals surface area contributed by atoms with Crippen LogP contribution in [0.25, 0.3) is 5.69 Å². The predicted octanol–water partition coefficient (Wildman–Crippen LogP) is 5.85. The lowest BCUT2D eigenvalue weighted by molar-refractivity contribution is 0.102. The second kappa shape index (κ2) is 8.67. The number of benzene rings is 2. The summed E-state index contributed by atoms with van der Waals surface area (Å²) >= 11 is 6.33. The Morgan fingerprint density at radius 2 is 1.88 bits per heavy atom. The number of carbonyl (C=O) groups is 1. The van der Waals surface area contributed by atoms with Gasteiger partial charge in [-0.15, -0.1) is 0 Å². The van der Waals surface area contributed by atoms with Crippen LogP contribution in [-0.2, 0) is 0 Å². The topological polar surface area (TPSA) is 81.9 Å². The summed E-state index contributed by atoms with van der Waals surface area (Å²) in [7, 11) is 0. The van der Waals surface area contributed by atoms with Crippen molar-refractivity contribution in [2.24, 2.45) is 0 Å². The lowest BCUT2D eigenvalue weighted by Gasteiger charge is -2.12. The molecule has 1 saturated carbocycles. The van der Waals surface area contributed by atoms with Crippen LogP contribution in [0.4, 0.5) is 5.69 Å². The lowest BCUT2D eigenvalue weighted by atomic mass is 10.1. The molecule has 1 aliphatic carbocycles. The van der Waals surface area contributed by atoms with Crippen molar-refractivity contribution in [1.29, 1.82) is 0 Å². The Balaban J connectivity index is 1.39. The van der Waals surface area contributed by atoms with Crippen LogP contribution in [-0.4, -0.2) is 25.7 Å². The van der Waals surface area contributed by atoms with E-state index in [0.29, 0.717) is 27.9 Å². The van der Waals surface area contributed by atoms with Crippen molar-refractivity contribution in [2.45, 2.75) is 32.6 Å². The largest absolute Gasteiger partial charge is 0.424 e. The zero-order chi connectivity index (χ0) is 22.9. The van der Waals surface area contributed by atoms with Crippen LogP contribution < -0.4 is 10.1 Å². The second-order valence-corrected chi connectivity index (χ2v) is 8.53. The molecule has 5 rings (SSSR count). The molecule has 7 nitrogen and oxygen atoms in total. The molecule has 2 heterocycles. The van der Waals surface area contributed by atoms with E-state index in [1.165, 1.54) is 0 Å². The van der Waals surface area contributed by atoms with E-state index in [0.717, 1.165) is 35.3 Å². The van der Waals surface area contributed by atoms with Crippen LogP contribution in [0.1, 0.15) is 45.9 Å². The SMILES string of the molecule is Cc1ccc(-n2ncc(C(=O)Nc3ccc(Oc4ncccn4)cc3C)c2C2CC2)cc1Cl. The van der Waals surface area contributed by atoms with Gasteiger partial charge in [0.15, 0.2) is 0 Å². The summed E-state index contributed by atoms with van der Waals surface area (Å²) in [5.41, 5.74) is 4.92. The number of aromatic nitrogens is 4. The Bertz CT molecular complexity index is 1330. The number of hydrogen-bond donors (Lipinski definition) is 1. The van der Waals surface area contributed by atoms with Gasteiger partial charge in [0, 0.05) is 29.0 Å². The third-order valence-electron chi connectivity index (χ3n) is 5.61. The van der Waals surface area contributed by atoms with Crippen LogP contribution in [0.15, 0.2) is 61.1 Å². The number of carbonyl (C=O) groups excluding carboxylic acids is 1. The summed E-state index contributed by atoms with van der Waals surface area (Å²) in [6.07, 6.45) is 6.95. The molecule has 1 N–H and O–H groups in total.